The summed E-state index contributed by atoms with van der Waals surface area (Å²) in [5.74, 6) is -0.0288. The van der Waals surface area contributed by atoms with Crippen LogP contribution in [0.25, 0.3) is 5.69 Å². The summed E-state index contributed by atoms with van der Waals surface area (Å²) in [7, 11) is 0. The number of hydrogen-bond donors (Lipinski definition) is 1. The number of nitrogens with one attached hydrogen (secondary N) is 1. The summed E-state index contributed by atoms with van der Waals surface area (Å²) in [4.78, 5) is 12.5. The number of benzene rings is 2. The molecule has 1 aromatic heterocycles. The molecule has 128 valence electrons. The summed E-state index contributed by atoms with van der Waals surface area (Å²) in [6.45, 7) is -1.22. The number of alkyl halides is 2. The first-order valence-electron chi connectivity index (χ1n) is 7.38. The van der Waals surface area contributed by atoms with Crippen LogP contribution in [0.3, 0.4) is 0 Å². The number of rotatable bonds is 5. The van der Waals surface area contributed by atoms with E-state index in [1.54, 1.807) is 25.1 Å². The molecule has 0 radical (unpaired) electrons. The Morgan fingerprint density at radius 3 is 2.56 bits per heavy atom. The number of aromatic amines is 1. The molecule has 3 aromatic rings. The van der Waals surface area contributed by atoms with Crippen LogP contribution in [0.4, 0.5) is 20.2 Å². The van der Waals surface area contributed by atoms with Crippen molar-refractivity contribution in [1.29, 1.82) is 0 Å². The number of aryl methyl sites for hydroxylation is 1. The van der Waals surface area contributed by atoms with Gasteiger partial charge >= 0.3 is 6.61 Å². The maximum Gasteiger partial charge on any atom is 0.387 e. The van der Waals surface area contributed by atoms with Gasteiger partial charge in [0.05, 0.1) is 17.1 Å². The molecule has 0 spiro atoms. The van der Waals surface area contributed by atoms with Gasteiger partial charge in [-0.2, -0.15) is 13.9 Å². The number of nitrogens with zero attached hydrogens (tertiary/aromatic N) is 3. The van der Waals surface area contributed by atoms with Gasteiger partial charge in [-0.25, -0.2) is 4.68 Å². The van der Waals surface area contributed by atoms with E-state index >= 15 is 0 Å². The molecule has 0 bridgehead atoms. The number of aromatic nitrogens is 2. The molecule has 0 saturated carbocycles. The number of halogens is 2. The smallest absolute Gasteiger partial charge is 0.387 e. The molecule has 0 atom stereocenters. The van der Waals surface area contributed by atoms with Crippen LogP contribution in [-0.4, -0.2) is 16.4 Å². The molecule has 0 unspecified atom stereocenters. The number of ether oxygens (including phenoxy) is 1. The zero-order valence-corrected chi connectivity index (χ0v) is 13.2. The minimum Gasteiger partial charge on any atom is -0.435 e. The van der Waals surface area contributed by atoms with Gasteiger partial charge in [0.2, 0.25) is 0 Å². The first-order chi connectivity index (χ1) is 12.0. The molecule has 0 fully saturated rings. The predicted molar refractivity (Wildman–Crippen MR) is 88.4 cm³/mol. The molecule has 25 heavy (non-hydrogen) atoms. The quantitative estimate of drug-likeness (QED) is 0.693. The number of azo groups is 1. The summed E-state index contributed by atoms with van der Waals surface area (Å²) in [6.07, 6.45) is 0. The van der Waals surface area contributed by atoms with Gasteiger partial charge in [0.25, 0.3) is 5.56 Å². The van der Waals surface area contributed by atoms with Crippen LogP contribution in [0.2, 0.25) is 0 Å². The van der Waals surface area contributed by atoms with Crippen molar-refractivity contribution in [2.24, 2.45) is 10.2 Å². The van der Waals surface area contributed by atoms with Crippen molar-refractivity contribution >= 4 is 11.4 Å². The predicted octanol–water partition coefficient (Wildman–Crippen LogP) is 4.49. The van der Waals surface area contributed by atoms with Crippen molar-refractivity contribution in [2.75, 3.05) is 0 Å². The van der Waals surface area contributed by atoms with Gasteiger partial charge in [0, 0.05) is 6.07 Å². The van der Waals surface area contributed by atoms with Gasteiger partial charge in [0.1, 0.15) is 5.75 Å². The van der Waals surface area contributed by atoms with Crippen LogP contribution in [0, 0.1) is 6.92 Å². The average molecular weight is 344 g/mol. The van der Waals surface area contributed by atoms with E-state index in [9.17, 15) is 13.6 Å². The van der Waals surface area contributed by atoms with E-state index < -0.39 is 6.61 Å². The minimum absolute atomic E-state index is 0.0288. The normalized spacial score (nSPS) is 11.4. The Labute approximate surface area is 141 Å². The van der Waals surface area contributed by atoms with Gasteiger partial charge in [-0.15, -0.1) is 5.11 Å². The van der Waals surface area contributed by atoms with Crippen molar-refractivity contribution in [3.05, 3.63) is 70.6 Å². The molecule has 3 rings (SSSR count). The summed E-state index contributed by atoms with van der Waals surface area (Å²) in [5, 5.41) is 10.8. The standard InChI is InChI=1S/C17H14F2N4O2/c1-11-15(16(24)23(22-11)13-7-3-2-4-8-13)21-20-12-6-5-9-14(10-12)25-17(18)19/h2-10,17,22H,1H3. The Hall–Kier alpha value is -3.29. The SMILES string of the molecule is Cc1[nH]n(-c2ccccc2)c(=O)c1N=Nc1cccc(OC(F)F)c1. The van der Waals surface area contributed by atoms with Crippen LogP contribution in [0.5, 0.6) is 5.75 Å². The van der Waals surface area contributed by atoms with Crippen LogP contribution in [0.1, 0.15) is 5.69 Å². The Morgan fingerprint density at radius 2 is 1.84 bits per heavy atom. The number of hydrogen-bond acceptors (Lipinski definition) is 4. The molecular weight excluding hydrogens is 330 g/mol. The monoisotopic (exact) mass is 344 g/mol. The highest BCUT2D eigenvalue weighted by Crippen LogP contribution is 2.24. The Balaban J connectivity index is 1.90. The maximum atomic E-state index is 12.5. The lowest BCUT2D eigenvalue weighted by Crippen LogP contribution is -2.13. The highest BCUT2D eigenvalue weighted by Gasteiger charge is 2.12. The van der Waals surface area contributed by atoms with E-state index in [0.29, 0.717) is 17.1 Å². The average Bonchev–Trinajstić information content (AvgIpc) is 2.88. The highest BCUT2D eigenvalue weighted by molar-refractivity contribution is 5.46. The Kier molecular flexibility index (Phi) is 4.69. The van der Waals surface area contributed by atoms with E-state index in [0.717, 1.165) is 0 Å². The molecule has 1 N–H and O–H groups in total. The van der Waals surface area contributed by atoms with Crippen molar-refractivity contribution in [3.63, 3.8) is 0 Å². The van der Waals surface area contributed by atoms with Gasteiger partial charge in [-0.05, 0) is 31.2 Å². The summed E-state index contributed by atoms with van der Waals surface area (Å²) >= 11 is 0. The van der Waals surface area contributed by atoms with Crippen molar-refractivity contribution < 1.29 is 13.5 Å². The van der Waals surface area contributed by atoms with Crippen LogP contribution in [-0.2, 0) is 0 Å². The van der Waals surface area contributed by atoms with E-state index in [-0.39, 0.29) is 17.0 Å². The van der Waals surface area contributed by atoms with E-state index in [2.05, 4.69) is 20.1 Å². The highest BCUT2D eigenvalue weighted by atomic mass is 19.3. The zero-order valence-electron chi connectivity index (χ0n) is 13.2. The summed E-state index contributed by atoms with van der Waals surface area (Å²) in [5.41, 5.74) is 1.29. The molecule has 0 aliphatic heterocycles. The lowest BCUT2D eigenvalue weighted by Gasteiger charge is -2.03. The third-order valence-electron chi connectivity index (χ3n) is 3.36. The van der Waals surface area contributed by atoms with Crippen LogP contribution < -0.4 is 10.3 Å². The van der Waals surface area contributed by atoms with Crippen molar-refractivity contribution in [2.45, 2.75) is 13.5 Å². The first kappa shape index (κ1) is 16.6. The second-order valence-corrected chi connectivity index (χ2v) is 5.14. The van der Waals surface area contributed by atoms with E-state index in [1.807, 2.05) is 18.2 Å². The molecular formula is C17H14F2N4O2. The lowest BCUT2D eigenvalue weighted by atomic mass is 10.3. The Morgan fingerprint density at radius 1 is 1.08 bits per heavy atom. The fraction of sp³-hybridized carbons (Fsp3) is 0.118. The van der Waals surface area contributed by atoms with E-state index in [1.165, 1.54) is 22.9 Å². The van der Waals surface area contributed by atoms with Gasteiger partial charge in [0.15, 0.2) is 5.69 Å². The lowest BCUT2D eigenvalue weighted by molar-refractivity contribution is -0.0498. The molecule has 0 aliphatic carbocycles. The molecule has 0 saturated heterocycles. The van der Waals surface area contributed by atoms with Gasteiger partial charge in [-0.1, -0.05) is 24.3 Å². The summed E-state index contributed by atoms with van der Waals surface area (Å²) in [6, 6.07) is 14.8. The van der Waals surface area contributed by atoms with Crippen LogP contribution in [0.15, 0.2) is 69.6 Å². The Bertz CT molecular complexity index is 949. The van der Waals surface area contributed by atoms with Crippen LogP contribution >= 0.6 is 0 Å². The van der Waals surface area contributed by atoms with Crippen molar-refractivity contribution in [1.82, 2.24) is 9.78 Å². The molecule has 0 aliphatic rings. The number of para-hydroxylation sites is 1. The third kappa shape index (κ3) is 3.79. The molecule has 8 heteroatoms. The topological polar surface area (TPSA) is 71.7 Å². The molecule has 2 aromatic carbocycles. The van der Waals surface area contributed by atoms with Gasteiger partial charge < -0.3 is 4.74 Å². The second-order valence-electron chi connectivity index (χ2n) is 5.14. The fourth-order valence-corrected chi connectivity index (χ4v) is 2.24. The summed E-state index contributed by atoms with van der Waals surface area (Å²) < 4.78 is 30.2. The van der Waals surface area contributed by atoms with Gasteiger partial charge in [-0.3, -0.25) is 9.89 Å². The number of H-pyrrole nitrogens is 1. The largest absolute Gasteiger partial charge is 0.435 e. The minimum atomic E-state index is -2.92. The maximum absolute atomic E-state index is 12.5. The molecule has 1 heterocycles. The fourth-order valence-electron chi connectivity index (χ4n) is 2.24. The third-order valence-corrected chi connectivity index (χ3v) is 3.36. The van der Waals surface area contributed by atoms with Crippen molar-refractivity contribution in [3.8, 4) is 11.4 Å². The first-order valence-corrected chi connectivity index (χ1v) is 7.38. The van der Waals surface area contributed by atoms with E-state index in [4.69, 9.17) is 0 Å². The second kappa shape index (κ2) is 7.08. The zero-order chi connectivity index (χ0) is 17.8. The molecule has 0 amide bonds. The molecule has 6 nitrogen and oxygen atoms in total.